The second-order valence-electron chi connectivity index (χ2n) is 6.05. The smallest absolute Gasteiger partial charge is 0.256 e. The summed E-state index contributed by atoms with van der Waals surface area (Å²) >= 11 is 0. The van der Waals surface area contributed by atoms with Crippen molar-refractivity contribution in [3.05, 3.63) is 39.8 Å². The minimum Gasteiger partial charge on any atom is -0.299 e. The zero-order valence-corrected chi connectivity index (χ0v) is 13.0. The van der Waals surface area contributed by atoms with Gasteiger partial charge in [-0.15, -0.1) is 0 Å². The molecule has 118 valence electrons. The summed E-state index contributed by atoms with van der Waals surface area (Å²) in [5, 5.41) is 7.75. The van der Waals surface area contributed by atoms with Crippen LogP contribution in [-0.4, -0.2) is 37.9 Å². The lowest BCUT2D eigenvalue weighted by molar-refractivity contribution is 0.162. The molecule has 0 atom stereocenters. The summed E-state index contributed by atoms with van der Waals surface area (Å²) in [5.74, 6) is 0.522. The van der Waals surface area contributed by atoms with Crippen LogP contribution in [0.5, 0.6) is 0 Å². The number of nitrogens with zero attached hydrogens (tertiary/aromatic N) is 5. The highest BCUT2D eigenvalue weighted by Gasteiger charge is 2.21. The lowest BCUT2D eigenvalue weighted by atomic mass is 9.96. The maximum Gasteiger partial charge on any atom is 0.256 e. The van der Waals surface area contributed by atoms with E-state index >= 15 is 0 Å². The highest BCUT2D eigenvalue weighted by atomic mass is 16.6. The van der Waals surface area contributed by atoms with Gasteiger partial charge < -0.3 is 0 Å². The summed E-state index contributed by atoms with van der Waals surface area (Å²) in [6.45, 7) is 7.27. The minimum absolute atomic E-state index is 0.0710. The van der Waals surface area contributed by atoms with E-state index in [1.165, 1.54) is 0 Å². The van der Waals surface area contributed by atoms with Crippen molar-refractivity contribution >= 4 is 0 Å². The van der Waals surface area contributed by atoms with Gasteiger partial charge in [0.05, 0.1) is 6.33 Å². The van der Waals surface area contributed by atoms with Gasteiger partial charge >= 0.3 is 0 Å². The van der Waals surface area contributed by atoms with Crippen LogP contribution in [0.3, 0.4) is 0 Å². The van der Waals surface area contributed by atoms with Gasteiger partial charge in [-0.3, -0.25) is 14.3 Å². The number of aryl methyl sites for hydroxylation is 2. The Kier molecular flexibility index (Phi) is 4.33. The zero-order valence-electron chi connectivity index (χ0n) is 13.0. The molecule has 3 rings (SSSR count). The van der Waals surface area contributed by atoms with E-state index in [4.69, 9.17) is 4.63 Å². The minimum atomic E-state index is 0.0710. The van der Waals surface area contributed by atoms with Crippen molar-refractivity contribution in [3.8, 4) is 0 Å². The van der Waals surface area contributed by atoms with Crippen LogP contribution in [0.4, 0.5) is 0 Å². The van der Waals surface area contributed by atoms with Crippen molar-refractivity contribution in [2.45, 2.75) is 39.8 Å². The van der Waals surface area contributed by atoms with Gasteiger partial charge in [0.1, 0.15) is 11.4 Å². The third-order valence-electron chi connectivity index (χ3n) is 4.35. The summed E-state index contributed by atoms with van der Waals surface area (Å²) in [7, 11) is 0. The fraction of sp³-hybridized carbons (Fsp3) is 0.600. The standard InChI is InChI=1S/C15H21N5O2/c1-11-7-16-10-20(15(11)21)8-13-3-5-19(6-4-13)9-14-12(2)17-22-18-14/h7,10,13H,3-6,8-9H2,1-2H3. The van der Waals surface area contributed by atoms with Crippen LogP contribution in [-0.2, 0) is 13.1 Å². The van der Waals surface area contributed by atoms with Crippen LogP contribution in [0.1, 0.15) is 29.8 Å². The Labute approximate surface area is 128 Å². The molecule has 1 saturated heterocycles. The van der Waals surface area contributed by atoms with Gasteiger partial charge in [0.25, 0.3) is 5.56 Å². The quantitative estimate of drug-likeness (QED) is 0.843. The van der Waals surface area contributed by atoms with Gasteiger partial charge in [-0.2, -0.15) is 0 Å². The summed E-state index contributed by atoms with van der Waals surface area (Å²) < 4.78 is 6.48. The molecule has 1 fully saturated rings. The SMILES string of the molecule is Cc1nonc1CN1CCC(Cn2cncc(C)c2=O)CC1. The van der Waals surface area contributed by atoms with Crippen LogP contribution in [0.2, 0.25) is 0 Å². The molecule has 7 nitrogen and oxygen atoms in total. The normalized spacial score (nSPS) is 17.0. The molecule has 3 heterocycles. The Balaban J connectivity index is 1.55. The molecule has 0 spiro atoms. The Morgan fingerprint density at radius 3 is 2.73 bits per heavy atom. The van der Waals surface area contributed by atoms with Crippen molar-refractivity contribution in [1.82, 2.24) is 24.8 Å². The van der Waals surface area contributed by atoms with Crippen LogP contribution < -0.4 is 5.56 Å². The summed E-state index contributed by atoms with van der Waals surface area (Å²) in [6, 6.07) is 0. The molecule has 0 aromatic carbocycles. The number of aromatic nitrogens is 4. The van der Waals surface area contributed by atoms with E-state index in [9.17, 15) is 4.79 Å². The first kappa shape index (κ1) is 14.9. The fourth-order valence-corrected chi connectivity index (χ4v) is 2.90. The van der Waals surface area contributed by atoms with Gasteiger partial charge in [-0.05, 0) is 45.7 Å². The molecule has 1 aliphatic heterocycles. The molecule has 0 amide bonds. The van der Waals surface area contributed by atoms with Crippen LogP contribution in [0.15, 0.2) is 21.9 Å². The maximum atomic E-state index is 12.0. The van der Waals surface area contributed by atoms with Crippen LogP contribution in [0, 0.1) is 19.8 Å². The van der Waals surface area contributed by atoms with Crippen molar-refractivity contribution in [2.75, 3.05) is 13.1 Å². The highest BCUT2D eigenvalue weighted by Crippen LogP contribution is 2.20. The summed E-state index contributed by atoms with van der Waals surface area (Å²) in [6.07, 6.45) is 5.41. The van der Waals surface area contributed by atoms with E-state index < -0.39 is 0 Å². The monoisotopic (exact) mass is 303 g/mol. The van der Waals surface area contributed by atoms with E-state index in [0.29, 0.717) is 11.5 Å². The predicted molar refractivity (Wildman–Crippen MR) is 80.3 cm³/mol. The predicted octanol–water partition coefficient (Wildman–Crippen LogP) is 1.16. The number of hydrogen-bond donors (Lipinski definition) is 0. The third-order valence-corrected chi connectivity index (χ3v) is 4.35. The molecule has 22 heavy (non-hydrogen) atoms. The Morgan fingerprint density at radius 1 is 1.27 bits per heavy atom. The first-order valence-corrected chi connectivity index (χ1v) is 7.65. The van der Waals surface area contributed by atoms with Crippen molar-refractivity contribution in [2.24, 2.45) is 5.92 Å². The highest BCUT2D eigenvalue weighted by molar-refractivity contribution is 5.04. The van der Waals surface area contributed by atoms with Crippen molar-refractivity contribution < 1.29 is 4.63 Å². The van der Waals surface area contributed by atoms with E-state index in [2.05, 4.69) is 20.2 Å². The Morgan fingerprint density at radius 2 is 2.05 bits per heavy atom. The van der Waals surface area contributed by atoms with E-state index in [0.717, 1.165) is 50.4 Å². The molecular weight excluding hydrogens is 282 g/mol. The Hall–Kier alpha value is -2.02. The number of rotatable bonds is 4. The molecule has 0 N–H and O–H groups in total. The van der Waals surface area contributed by atoms with E-state index in [-0.39, 0.29) is 5.56 Å². The summed E-state index contributed by atoms with van der Waals surface area (Å²) in [5.41, 5.74) is 2.55. The molecule has 2 aromatic heterocycles. The van der Waals surface area contributed by atoms with E-state index in [1.54, 1.807) is 17.1 Å². The van der Waals surface area contributed by atoms with Crippen LogP contribution in [0.25, 0.3) is 0 Å². The molecule has 0 aliphatic carbocycles. The number of likely N-dealkylation sites (tertiary alicyclic amines) is 1. The number of piperidine rings is 1. The Bertz CT molecular complexity index is 685. The number of hydrogen-bond acceptors (Lipinski definition) is 6. The van der Waals surface area contributed by atoms with Crippen molar-refractivity contribution in [1.29, 1.82) is 0 Å². The molecule has 2 aromatic rings. The second-order valence-corrected chi connectivity index (χ2v) is 6.05. The largest absolute Gasteiger partial charge is 0.299 e. The molecule has 1 aliphatic rings. The first-order chi connectivity index (χ1) is 10.6. The fourth-order valence-electron chi connectivity index (χ4n) is 2.90. The van der Waals surface area contributed by atoms with Gasteiger partial charge in [-0.25, -0.2) is 9.61 Å². The average molecular weight is 303 g/mol. The van der Waals surface area contributed by atoms with E-state index in [1.807, 2.05) is 13.8 Å². The first-order valence-electron chi connectivity index (χ1n) is 7.65. The molecular formula is C15H21N5O2. The zero-order chi connectivity index (χ0) is 15.5. The van der Waals surface area contributed by atoms with Crippen molar-refractivity contribution in [3.63, 3.8) is 0 Å². The molecule has 0 radical (unpaired) electrons. The lowest BCUT2D eigenvalue weighted by Crippen LogP contribution is -2.36. The third kappa shape index (κ3) is 3.24. The van der Waals surface area contributed by atoms with Gasteiger partial charge in [0.2, 0.25) is 0 Å². The van der Waals surface area contributed by atoms with Gasteiger partial charge in [-0.1, -0.05) is 10.3 Å². The molecule has 7 heteroatoms. The average Bonchev–Trinajstić information content (AvgIpc) is 2.91. The molecule has 0 bridgehead atoms. The second kappa shape index (κ2) is 6.39. The topological polar surface area (TPSA) is 77.1 Å². The summed E-state index contributed by atoms with van der Waals surface area (Å²) in [4.78, 5) is 18.5. The van der Waals surface area contributed by atoms with Gasteiger partial charge in [0, 0.05) is 24.8 Å². The van der Waals surface area contributed by atoms with Gasteiger partial charge in [0.15, 0.2) is 0 Å². The lowest BCUT2D eigenvalue weighted by Gasteiger charge is -2.31. The molecule has 0 saturated carbocycles. The maximum absolute atomic E-state index is 12.0. The molecule has 0 unspecified atom stereocenters. The van der Waals surface area contributed by atoms with Crippen LogP contribution >= 0.6 is 0 Å².